The molecule has 3 aliphatic rings. The molecule has 3 heterocycles. The molecule has 7 nitrogen and oxygen atoms in total. The van der Waals surface area contributed by atoms with E-state index in [0.29, 0.717) is 19.4 Å². The minimum atomic E-state index is -0.717. The van der Waals surface area contributed by atoms with Gasteiger partial charge in [-0.25, -0.2) is 0 Å². The van der Waals surface area contributed by atoms with E-state index in [4.69, 9.17) is 4.74 Å². The lowest BCUT2D eigenvalue weighted by atomic mass is 9.71. The van der Waals surface area contributed by atoms with Crippen LogP contribution in [0, 0.1) is 11.8 Å². The lowest BCUT2D eigenvalue weighted by Crippen LogP contribution is -2.59. The van der Waals surface area contributed by atoms with Crippen molar-refractivity contribution in [3.63, 3.8) is 0 Å². The first-order chi connectivity index (χ1) is 15.0. The highest BCUT2D eigenvalue weighted by molar-refractivity contribution is 9.09. The van der Waals surface area contributed by atoms with Gasteiger partial charge in [-0.1, -0.05) is 34.7 Å². The van der Waals surface area contributed by atoms with Crippen LogP contribution in [0.15, 0.2) is 25.3 Å². The molecule has 3 saturated heterocycles. The maximum Gasteiger partial charge on any atom is 0.311 e. The zero-order valence-corrected chi connectivity index (χ0v) is 21.4. The van der Waals surface area contributed by atoms with Gasteiger partial charge in [0.25, 0.3) is 0 Å². The summed E-state index contributed by atoms with van der Waals surface area (Å²) in [4.78, 5) is 44.1. The molecular formula is C23H33BrN2O5S. The summed E-state index contributed by atoms with van der Waals surface area (Å²) in [6, 6.07) is -0.710. The fraction of sp³-hybridized carbons (Fsp3) is 0.696. The summed E-state index contributed by atoms with van der Waals surface area (Å²) in [6.45, 7) is 13.9. The number of hydrogen-bond donors (Lipinski definition) is 1. The molecule has 6 atom stereocenters. The predicted octanol–water partition coefficient (Wildman–Crippen LogP) is 2.38. The summed E-state index contributed by atoms with van der Waals surface area (Å²) in [7, 11) is 0. The second-order valence-corrected chi connectivity index (χ2v) is 12.3. The molecule has 3 fully saturated rings. The van der Waals surface area contributed by atoms with Crippen molar-refractivity contribution in [1.29, 1.82) is 0 Å². The molecule has 3 unspecified atom stereocenters. The summed E-state index contributed by atoms with van der Waals surface area (Å²) in [5.74, 6) is -2.00. The van der Waals surface area contributed by atoms with Crippen molar-refractivity contribution in [2.75, 3.05) is 26.3 Å². The van der Waals surface area contributed by atoms with E-state index in [-0.39, 0.29) is 41.6 Å². The first kappa shape index (κ1) is 25.3. The third-order valence-corrected chi connectivity index (χ3v) is 9.80. The van der Waals surface area contributed by atoms with Crippen LogP contribution in [0.3, 0.4) is 0 Å². The fourth-order valence-corrected chi connectivity index (χ4v) is 8.96. The number of carbonyl (C=O) groups is 3. The van der Waals surface area contributed by atoms with Gasteiger partial charge in [0.05, 0.1) is 16.6 Å². The van der Waals surface area contributed by atoms with E-state index in [1.807, 2.05) is 20.8 Å². The van der Waals surface area contributed by atoms with Crippen molar-refractivity contribution in [3.8, 4) is 0 Å². The average Bonchev–Trinajstić information content (AvgIpc) is 3.31. The third-order valence-electron chi connectivity index (χ3n) is 6.58. The number of halogens is 1. The van der Waals surface area contributed by atoms with Gasteiger partial charge in [-0.05, 0) is 33.6 Å². The molecule has 0 aromatic rings. The number of thioether (sulfide) groups is 1. The summed E-state index contributed by atoms with van der Waals surface area (Å²) in [5.41, 5.74) is -0.469. The van der Waals surface area contributed by atoms with Gasteiger partial charge in [-0.2, -0.15) is 0 Å². The summed E-state index contributed by atoms with van der Waals surface area (Å²) < 4.78 is 4.65. The lowest BCUT2D eigenvalue weighted by molar-refractivity contribution is -0.153. The normalized spacial score (nSPS) is 33.2. The summed E-state index contributed by atoms with van der Waals surface area (Å²) in [6.07, 6.45) is 4.18. The fourth-order valence-electron chi connectivity index (χ4n) is 5.37. The van der Waals surface area contributed by atoms with Crippen LogP contribution in [-0.2, 0) is 19.1 Å². The zero-order valence-electron chi connectivity index (χ0n) is 19.0. The van der Waals surface area contributed by atoms with E-state index in [1.54, 1.807) is 27.6 Å². The van der Waals surface area contributed by atoms with Crippen molar-refractivity contribution in [2.45, 2.75) is 60.0 Å². The smallest absolute Gasteiger partial charge is 0.311 e. The monoisotopic (exact) mass is 528 g/mol. The molecule has 9 heteroatoms. The molecule has 0 aromatic heterocycles. The Bertz CT molecular complexity index is 800. The van der Waals surface area contributed by atoms with E-state index in [1.165, 1.54) is 6.08 Å². The van der Waals surface area contributed by atoms with Gasteiger partial charge in [0.2, 0.25) is 11.8 Å². The molecule has 2 bridgehead atoms. The Labute approximate surface area is 202 Å². The molecule has 2 amide bonds. The highest BCUT2D eigenvalue weighted by atomic mass is 79.9. The molecule has 3 rings (SSSR count). The molecule has 3 aliphatic heterocycles. The van der Waals surface area contributed by atoms with Crippen LogP contribution in [0.25, 0.3) is 0 Å². The summed E-state index contributed by atoms with van der Waals surface area (Å²) >= 11 is 5.30. The van der Waals surface area contributed by atoms with Gasteiger partial charge < -0.3 is 19.6 Å². The van der Waals surface area contributed by atoms with Crippen LogP contribution in [0.5, 0.6) is 0 Å². The number of likely N-dealkylation sites (tertiary alicyclic amines) is 1. The van der Waals surface area contributed by atoms with Crippen molar-refractivity contribution in [2.24, 2.45) is 11.8 Å². The number of amides is 2. The Morgan fingerprint density at radius 1 is 1.38 bits per heavy atom. The third kappa shape index (κ3) is 4.05. The van der Waals surface area contributed by atoms with Gasteiger partial charge in [0, 0.05) is 35.3 Å². The Kier molecular flexibility index (Phi) is 7.52. The number of carbonyl (C=O) groups excluding carboxylic acids is 3. The van der Waals surface area contributed by atoms with Crippen LogP contribution in [0.4, 0.5) is 0 Å². The van der Waals surface area contributed by atoms with Gasteiger partial charge in [0.1, 0.15) is 12.6 Å². The molecule has 0 saturated carbocycles. The predicted molar refractivity (Wildman–Crippen MR) is 128 cm³/mol. The molecule has 1 spiro atoms. The number of hydrogen-bond acceptors (Lipinski definition) is 6. The number of fused-ring (bicyclic) bond motifs is 1. The molecule has 1 N–H and O–H groups in total. The summed E-state index contributed by atoms with van der Waals surface area (Å²) in [5, 5.41) is 9.29. The molecule has 0 aromatic carbocycles. The Hall–Kier alpha value is -1.32. The van der Waals surface area contributed by atoms with Crippen molar-refractivity contribution >= 4 is 45.5 Å². The lowest BCUT2D eigenvalue weighted by Gasteiger charge is -2.42. The molecule has 0 radical (unpaired) electrons. The van der Waals surface area contributed by atoms with E-state index in [0.717, 1.165) is 0 Å². The SMILES string of the molecule is C=CCOC(=O)[C@H]1[C@H]2C(=O)N(CCCO)C(C(=O)N(CC=C)C(C)(C)C)C23CC(Br)[C@@H]1S3. The Morgan fingerprint density at radius 2 is 2.06 bits per heavy atom. The first-order valence-corrected chi connectivity index (χ1v) is 12.8. The average molecular weight is 529 g/mol. The van der Waals surface area contributed by atoms with Crippen molar-refractivity contribution in [1.82, 2.24) is 9.80 Å². The molecule has 0 aliphatic carbocycles. The zero-order chi connectivity index (χ0) is 23.8. The van der Waals surface area contributed by atoms with Gasteiger partial charge >= 0.3 is 5.97 Å². The number of aliphatic hydroxyl groups excluding tert-OH is 1. The van der Waals surface area contributed by atoms with E-state index < -0.39 is 34.1 Å². The van der Waals surface area contributed by atoms with Crippen LogP contribution >= 0.6 is 27.7 Å². The number of aliphatic hydroxyl groups is 1. The number of alkyl halides is 1. The van der Waals surface area contributed by atoms with Gasteiger partial charge in [-0.15, -0.1) is 18.3 Å². The van der Waals surface area contributed by atoms with E-state index in [2.05, 4.69) is 29.1 Å². The second kappa shape index (κ2) is 9.50. The van der Waals surface area contributed by atoms with Gasteiger partial charge in [-0.3, -0.25) is 14.4 Å². The van der Waals surface area contributed by atoms with Crippen LogP contribution in [0.1, 0.15) is 33.6 Å². The maximum atomic E-state index is 14.0. The standard InChI is InChI=1S/C23H33BrN2O5S/c1-6-9-26(22(3,4)5)20(29)18-23-13-14(24)17(32-23)15(21(30)31-12-7-2)16(23)19(28)25(18)10-8-11-27/h6-7,14-18,27H,1-2,8-13H2,3-5H3/t14?,15-,16-,17-,18?,23?/m0/s1. The topological polar surface area (TPSA) is 87.1 Å². The molecule has 32 heavy (non-hydrogen) atoms. The first-order valence-electron chi connectivity index (χ1n) is 11.0. The van der Waals surface area contributed by atoms with Crippen molar-refractivity contribution < 1.29 is 24.2 Å². The van der Waals surface area contributed by atoms with Gasteiger partial charge in [0.15, 0.2) is 0 Å². The van der Waals surface area contributed by atoms with E-state index in [9.17, 15) is 19.5 Å². The van der Waals surface area contributed by atoms with Crippen LogP contribution < -0.4 is 0 Å². The van der Waals surface area contributed by atoms with Crippen LogP contribution in [0.2, 0.25) is 0 Å². The largest absolute Gasteiger partial charge is 0.461 e. The Balaban J connectivity index is 2.06. The maximum absolute atomic E-state index is 14.0. The quantitative estimate of drug-likeness (QED) is 0.281. The molecular weight excluding hydrogens is 496 g/mol. The number of ether oxygens (including phenoxy) is 1. The molecule has 178 valence electrons. The highest BCUT2D eigenvalue weighted by Crippen LogP contribution is 2.68. The van der Waals surface area contributed by atoms with E-state index >= 15 is 0 Å². The second-order valence-electron chi connectivity index (χ2n) is 9.60. The minimum Gasteiger partial charge on any atom is -0.461 e. The highest BCUT2D eigenvalue weighted by Gasteiger charge is 2.76. The van der Waals surface area contributed by atoms with Crippen molar-refractivity contribution in [3.05, 3.63) is 25.3 Å². The number of rotatable bonds is 9. The number of nitrogens with zero attached hydrogens (tertiary/aromatic N) is 2. The Morgan fingerprint density at radius 3 is 2.62 bits per heavy atom. The minimum absolute atomic E-state index is 0.00610. The van der Waals surface area contributed by atoms with Crippen LogP contribution in [-0.4, -0.2) is 85.4 Å². The number of esters is 1.